The van der Waals surface area contributed by atoms with Gasteiger partial charge in [0.15, 0.2) is 11.5 Å². The second kappa shape index (κ2) is 5.65. The number of nitrogens with one attached hydrogen (secondary N) is 1. The fourth-order valence-electron chi connectivity index (χ4n) is 2.01. The lowest BCUT2D eigenvalue weighted by atomic mass is 10.2. The molecule has 0 spiro atoms. The largest absolute Gasteiger partial charge is 0.486 e. The first-order valence-corrected chi connectivity index (χ1v) is 7.19. The molecule has 2 aromatic rings. The Morgan fingerprint density at radius 3 is 2.38 bits per heavy atom. The Kier molecular flexibility index (Phi) is 3.70. The fourth-order valence-corrected chi connectivity index (χ4v) is 2.27. The van der Waals surface area contributed by atoms with E-state index in [1.54, 1.807) is 24.3 Å². The van der Waals surface area contributed by atoms with Crippen molar-refractivity contribution in [3.05, 3.63) is 46.4 Å². The Labute approximate surface area is 130 Å². The average molecular weight is 349 g/mol. The number of nitrogen functional groups attached to an aromatic ring is 1. The maximum atomic E-state index is 12.2. The zero-order chi connectivity index (χ0) is 14.8. The summed E-state index contributed by atoms with van der Waals surface area (Å²) in [5.74, 6) is 0.952. The van der Waals surface area contributed by atoms with Crippen molar-refractivity contribution in [3.63, 3.8) is 0 Å². The number of benzene rings is 2. The number of rotatable bonds is 2. The van der Waals surface area contributed by atoms with Crippen molar-refractivity contribution >= 4 is 33.2 Å². The smallest absolute Gasteiger partial charge is 0.255 e. The minimum atomic E-state index is -0.231. The zero-order valence-corrected chi connectivity index (χ0v) is 12.6. The summed E-state index contributed by atoms with van der Waals surface area (Å²) in [6.45, 7) is 0.980. The van der Waals surface area contributed by atoms with E-state index in [4.69, 9.17) is 15.2 Å². The van der Waals surface area contributed by atoms with Crippen LogP contribution in [0.5, 0.6) is 11.5 Å². The van der Waals surface area contributed by atoms with Crippen molar-refractivity contribution in [3.8, 4) is 11.5 Å². The molecule has 1 aliphatic heterocycles. The van der Waals surface area contributed by atoms with E-state index in [-0.39, 0.29) is 5.91 Å². The number of carbonyl (C=O) groups excluding carboxylic acids is 1. The molecule has 5 nitrogen and oxygen atoms in total. The van der Waals surface area contributed by atoms with Crippen LogP contribution in [-0.4, -0.2) is 19.1 Å². The number of fused-ring (bicyclic) bond motifs is 1. The van der Waals surface area contributed by atoms with Crippen molar-refractivity contribution in [2.75, 3.05) is 24.3 Å². The number of carbonyl (C=O) groups is 1. The molecule has 0 atom stereocenters. The van der Waals surface area contributed by atoms with E-state index in [9.17, 15) is 4.79 Å². The van der Waals surface area contributed by atoms with Gasteiger partial charge in [-0.25, -0.2) is 0 Å². The topological polar surface area (TPSA) is 73.6 Å². The number of ether oxygens (including phenoxy) is 2. The molecule has 1 aliphatic rings. The summed E-state index contributed by atoms with van der Waals surface area (Å²) in [5, 5.41) is 2.78. The molecule has 21 heavy (non-hydrogen) atoms. The van der Waals surface area contributed by atoms with Gasteiger partial charge in [0.2, 0.25) is 0 Å². The molecular formula is C15H13BrN2O3. The van der Waals surface area contributed by atoms with Crippen LogP contribution in [0, 0.1) is 0 Å². The molecule has 0 aliphatic carbocycles. The summed E-state index contributed by atoms with van der Waals surface area (Å²) in [6.07, 6.45) is 0. The number of halogens is 1. The second-order valence-corrected chi connectivity index (χ2v) is 5.46. The predicted molar refractivity (Wildman–Crippen MR) is 83.9 cm³/mol. The monoisotopic (exact) mass is 348 g/mol. The van der Waals surface area contributed by atoms with Crippen molar-refractivity contribution in [1.29, 1.82) is 0 Å². The lowest BCUT2D eigenvalue weighted by Crippen LogP contribution is -2.17. The number of anilines is 2. The molecule has 0 saturated heterocycles. The standard InChI is InChI=1S/C15H13BrN2O3/c16-10-3-1-9(2-4-10)15(19)18-12-8-14-13(7-11(12)17)20-5-6-21-14/h1-4,7-8H,5-6,17H2,(H,18,19). The third kappa shape index (κ3) is 2.95. The Morgan fingerprint density at radius 1 is 1.10 bits per heavy atom. The van der Waals surface area contributed by atoms with Gasteiger partial charge in [0.05, 0.1) is 11.4 Å². The Bertz CT molecular complexity index is 686. The van der Waals surface area contributed by atoms with Gasteiger partial charge in [-0.15, -0.1) is 0 Å². The van der Waals surface area contributed by atoms with Crippen LogP contribution < -0.4 is 20.5 Å². The van der Waals surface area contributed by atoms with E-state index < -0.39 is 0 Å². The third-order valence-electron chi connectivity index (χ3n) is 3.07. The molecule has 2 aromatic carbocycles. The fraction of sp³-hybridized carbons (Fsp3) is 0.133. The van der Waals surface area contributed by atoms with Crippen LogP contribution in [0.25, 0.3) is 0 Å². The molecule has 0 radical (unpaired) electrons. The zero-order valence-electron chi connectivity index (χ0n) is 11.1. The maximum Gasteiger partial charge on any atom is 0.255 e. The molecule has 0 bridgehead atoms. The summed E-state index contributed by atoms with van der Waals surface area (Å²) in [4.78, 5) is 12.2. The van der Waals surface area contributed by atoms with Gasteiger partial charge in [0, 0.05) is 22.2 Å². The lowest BCUT2D eigenvalue weighted by Gasteiger charge is -2.20. The maximum absolute atomic E-state index is 12.2. The van der Waals surface area contributed by atoms with Crippen molar-refractivity contribution in [2.24, 2.45) is 0 Å². The van der Waals surface area contributed by atoms with E-state index in [1.165, 1.54) is 0 Å². The molecule has 0 fully saturated rings. The van der Waals surface area contributed by atoms with Crippen LogP contribution in [0.4, 0.5) is 11.4 Å². The van der Waals surface area contributed by atoms with Gasteiger partial charge in [-0.3, -0.25) is 4.79 Å². The summed E-state index contributed by atoms with van der Waals surface area (Å²) in [6, 6.07) is 10.4. The van der Waals surface area contributed by atoms with Crippen LogP contribution in [0.2, 0.25) is 0 Å². The van der Waals surface area contributed by atoms with Gasteiger partial charge >= 0.3 is 0 Å². The van der Waals surface area contributed by atoms with E-state index >= 15 is 0 Å². The van der Waals surface area contributed by atoms with Gasteiger partial charge in [0.25, 0.3) is 5.91 Å². The van der Waals surface area contributed by atoms with E-state index in [0.717, 1.165) is 4.47 Å². The quantitative estimate of drug-likeness (QED) is 0.818. The molecule has 108 valence electrons. The highest BCUT2D eigenvalue weighted by atomic mass is 79.9. The molecule has 0 unspecified atom stereocenters. The SMILES string of the molecule is Nc1cc2c(cc1NC(=O)c1ccc(Br)cc1)OCCO2. The van der Waals surface area contributed by atoms with Crippen LogP contribution in [0.3, 0.4) is 0 Å². The van der Waals surface area contributed by atoms with E-state index in [1.807, 2.05) is 12.1 Å². The molecular weight excluding hydrogens is 336 g/mol. The Hall–Kier alpha value is -2.21. The van der Waals surface area contributed by atoms with Crippen LogP contribution in [-0.2, 0) is 0 Å². The Balaban J connectivity index is 1.84. The average Bonchev–Trinajstić information content (AvgIpc) is 2.48. The lowest BCUT2D eigenvalue weighted by molar-refractivity contribution is 0.102. The predicted octanol–water partition coefficient (Wildman–Crippen LogP) is 3.05. The number of hydrogen-bond donors (Lipinski definition) is 2. The molecule has 1 heterocycles. The van der Waals surface area contributed by atoms with Gasteiger partial charge in [-0.05, 0) is 24.3 Å². The summed E-state index contributed by atoms with van der Waals surface area (Å²) in [5.41, 5.74) is 7.43. The molecule has 3 N–H and O–H groups in total. The normalized spacial score (nSPS) is 12.8. The minimum absolute atomic E-state index is 0.231. The van der Waals surface area contributed by atoms with E-state index in [0.29, 0.717) is 41.7 Å². The molecule has 3 rings (SSSR count). The Morgan fingerprint density at radius 2 is 1.71 bits per heavy atom. The highest BCUT2D eigenvalue weighted by Crippen LogP contribution is 2.37. The van der Waals surface area contributed by atoms with Crippen LogP contribution in [0.15, 0.2) is 40.9 Å². The highest BCUT2D eigenvalue weighted by molar-refractivity contribution is 9.10. The van der Waals surface area contributed by atoms with E-state index in [2.05, 4.69) is 21.2 Å². The first-order chi connectivity index (χ1) is 10.1. The summed E-state index contributed by atoms with van der Waals surface area (Å²) >= 11 is 3.33. The van der Waals surface area contributed by atoms with Crippen LogP contribution >= 0.6 is 15.9 Å². The van der Waals surface area contributed by atoms with Gasteiger partial charge in [0.1, 0.15) is 13.2 Å². The first kappa shape index (κ1) is 13.8. The van der Waals surface area contributed by atoms with Crippen molar-refractivity contribution < 1.29 is 14.3 Å². The number of amides is 1. The van der Waals surface area contributed by atoms with Gasteiger partial charge < -0.3 is 20.5 Å². The van der Waals surface area contributed by atoms with Crippen LogP contribution in [0.1, 0.15) is 10.4 Å². The molecule has 1 amide bonds. The second-order valence-electron chi connectivity index (χ2n) is 4.54. The first-order valence-electron chi connectivity index (χ1n) is 6.39. The molecule has 0 aromatic heterocycles. The van der Waals surface area contributed by atoms with Crippen molar-refractivity contribution in [1.82, 2.24) is 0 Å². The molecule has 6 heteroatoms. The summed E-state index contributed by atoms with van der Waals surface area (Å²) < 4.78 is 11.8. The van der Waals surface area contributed by atoms with Crippen molar-refractivity contribution in [2.45, 2.75) is 0 Å². The minimum Gasteiger partial charge on any atom is -0.486 e. The third-order valence-corrected chi connectivity index (χ3v) is 3.60. The number of hydrogen-bond acceptors (Lipinski definition) is 4. The number of nitrogens with two attached hydrogens (primary N) is 1. The van der Waals surface area contributed by atoms with Gasteiger partial charge in [-0.2, -0.15) is 0 Å². The highest BCUT2D eigenvalue weighted by Gasteiger charge is 2.16. The van der Waals surface area contributed by atoms with Gasteiger partial charge in [-0.1, -0.05) is 15.9 Å². The molecule has 0 saturated carbocycles. The summed E-state index contributed by atoms with van der Waals surface area (Å²) in [7, 11) is 0.